The van der Waals surface area contributed by atoms with E-state index >= 15 is 0 Å². The van der Waals surface area contributed by atoms with E-state index < -0.39 is 14.8 Å². The van der Waals surface area contributed by atoms with Gasteiger partial charge in [0.1, 0.15) is 0 Å². The highest BCUT2D eigenvalue weighted by Gasteiger charge is 2.35. The Morgan fingerprint density at radius 2 is 0.594 bits per heavy atom. The zero-order chi connectivity index (χ0) is 22.3. The number of hydrogen-bond donors (Lipinski definition) is 0. The van der Waals surface area contributed by atoms with Gasteiger partial charge in [-0.3, -0.25) is 0 Å². The first-order valence-corrected chi connectivity index (χ1v) is 16.3. The molecule has 0 spiro atoms. The molecule has 4 aromatic carbocycles. The molecule has 0 atom stereocenters. The van der Waals surface area contributed by atoms with Crippen molar-refractivity contribution in [3.63, 3.8) is 0 Å². The molecular weight excluding hydrogens is 463 g/mol. The van der Waals surface area contributed by atoms with E-state index in [4.69, 9.17) is 22.2 Å². The molecule has 0 bridgehead atoms. The fraction of sp³-hybridized carbons (Fsp3) is 0. The first-order valence-electron chi connectivity index (χ1n) is 10.3. The van der Waals surface area contributed by atoms with Crippen LogP contribution in [0.25, 0.3) is 0 Å². The van der Waals surface area contributed by atoms with Crippen LogP contribution in [0.15, 0.2) is 121 Å². The van der Waals surface area contributed by atoms with Crippen molar-refractivity contribution >= 4 is 57.7 Å². The summed E-state index contributed by atoms with van der Waals surface area (Å²) in [4.78, 5) is 0. The molecule has 0 aromatic heterocycles. The minimum absolute atomic E-state index is 1.04. The topological polar surface area (TPSA) is 0 Å². The molecule has 0 N–H and O–H groups in total. The van der Waals surface area contributed by atoms with Gasteiger partial charge in [0.25, 0.3) is 14.8 Å². The SMILES string of the molecule is Cl[Si](C#CC#C[Si](Cl)(c1ccccc1)c1ccccc1)(c1ccccc1)c1ccccc1. The molecule has 0 saturated carbocycles. The van der Waals surface area contributed by atoms with Crippen molar-refractivity contribution < 1.29 is 0 Å². The Morgan fingerprint density at radius 3 is 0.812 bits per heavy atom. The maximum atomic E-state index is 7.25. The number of halogens is 2. The molecule has 0 nitrogen and oxygen atoms in total. The third-order valence-corrected chi connectivity index (χ3v) is 13.9. The molecule has 4 aromatic rings. The van der Waals surface area contributed by atoms with Crippen LogP contribution in [-0.2, 0) is 0 Å². The third kappa shape index (κ3) is 4.75. The van der Waals surface area contributed by atoms with Gasteiger partial charge < -0.3 is 0 Å². The zero-order valence-corrected chi connectivity index (χ0v) is 20.8. The lowest BCUT2D eigenvalue weighted by Gasteiger charge is -2.19. The number of hydrogen-bond acceptors (Lipinski definition) is 0. The Labute approximate surface area is 201 Å². The van der Waals surface area contributed by atoms with Crippen LogP contribution in [0, 0.1) is 22.9 Å². The summed E-state index contributed by atoms with van der Waals surface area (Å²) in [6.07, 6.45) is 0. The lowest BCUT2D eigenvalue weighted by Crippen LogP contribution is -2.53. The Balaban J connectivity index is 1.78. The normalized spacial score (nSPS) is 10.9. The molecule has 4 heteroatoms. The molecule has 0 unspecified atom stereocenters. The molecular formula is C28H20Cl2Si2. The summed E-state index contributed by atoms with van der Waals surface area (Å²) in [5.41, 5.74) is 6.70. The molecule has 32 heavy (non-hydrogen) atoms. The van der Waals surface area contributed by atoms with Crippen molar-refractivity contribution in [2.75, 3.05) is 0 Å². The fourth-order valence-electron chi connectivity index (χ4n) is 3.53. The molecule has 4 rings (SSSR count). The van der Waals surface area contributed by atoms with E-state index in [1.807, 2.05) is 121 Å². The van der Waals surface area contributed by atoms with Gasteiger partial charge in [0.15, 0.2) is 0 Å². The van der Waals surface area contributed by atoms with E-state index in [1.165, 1.54) is 0 Å². The molecule has 0 amide bonds. The van der Waals surface area contributed by atoms with Crippen LogP contribution in [0.3, 0.4) is 0 Å². The van der Waals surface area contributed by atoms with Crippen LogP contribution in [0.2, 0.25) is 0 Å². The molecule has 0 radical (unpaired) electrons. The number of benzene rings is 4. The molecule has 0 aliphatic heterocycles. The van der Waals surface area contributed by atoms with Crippen LogP contribution in [-0.4, -0.2) is 14.8 Å². The van der Waals surface area contributed by atoms with Crippen molar-refractivity contribution in [3.8, 4) is 22.9 Å². The van der Waals surface area contributed by atoms with E-state index in [9.17, 15) is 0 Å². The molecule has 0 aliphatic rings. The molecule has 0 saturated heterocycles. The maximum Gasteiger partial charge on any atom is 0.294 e. The van der Waals surface area contributed by atoms with Crippen LogP contribution in [0.4, 0.5) is 0 Å². The lowest BCUT2D eigenvalue weighted by atomic mass is 10.4. The lowest BCUT2D eigenvalue weighted by molar-refractivity contribution is 1.73. The van der Waals surface area contributed by atoms with Crippen LogP contribution < -0.4 is 20.7 Å². The predicted octanol–water partition coefficient (Wildman–Crippen LogP) is 4.07. The smallest absolute Gasteiger partial charge is 0.138 e. The first kappa shape index (κ1) is 22.2. The second-order valence-electron chi connectivity index (χ2n) is 7.28. The Morgan fingerprint density at radius 1 is 0.375 bits per heavy atom. The fourth-order valence-corrected chi connectivity index (χ4v) is 9.64. The van der Waals surface area contributed by atoms with E-state index in [2.05, 4.69) is 22.9 Å². The van der Waals surface area contributed by atoms with Gasteiger partial charge in [-0.1, -0.05) is 132 Å². The first-order chi connectivity index (χ1) is 15.6. The largest absolute Gasteiger partial charge is 0.294 e. The molecule has 0 fully saturated rings. The second kappa shape index (κ2) is 10.1. The predicted molar refractivity (Wildman–Crippen MR) is 143 cm³/mol. The van der Waals surface area contributed by atoms with Gasteiger partial charge in [-0.05, 0) is 32.6 Å². The van der Waals surface area contributed by atoms with Crippen molar-refractivity contribution in [2.24, 2.45) is 0 Å². The third-order valence-electron chi connectivity index (χ3n) is 5.22. The van der Waals surface area contributed by atoms with Crippen molar-refractivity contribution in [1.29, 1.82) is 0 Å². The van der Waals surface area contributed by atoms with E-state index in [0.717, 1.165) is 20.7 Å². The Kier molecular flexibility index (Phi) is 7.00. The standard InChI is InChI=1S/C28H20Cl2Si2/c29-31(25-15-5-1-6-16-25,26-17-7-2-8-18-26)23-13-14-24-32(30,27-19-9-3-10-20-27)28-21-11-4-12-22-28/h1-12,15-22H. The van der Waals surface area contributed by atoms with Crippen LogP contribution in [0.5, 0.6) is 0 Å². The van der Waals surface area contributed by atoms with Gasteiger partial charge in [-0.15, -0.1) is 22.2 Å². The van der Waals surface area contributed by atoms with Gasteiger partial charge in [0.05, 0.1) is 0 Å². The summed E-state index contributed by atoms with van der Waals surface area (Å²) >= 11 is 14.5. The Hall–Kier alpha value is -2.99. The summed E-state index contributed by atoms with van der Waals surface area (Å²) in [7, 11) is -5.55. The Bertz CT molecular complexity index is 1100. The van der Waals surface area contributed by atoms with Gasteiger partial charge in [0, 0.05) is 0 Å². The molecule has 154 valence electrons. The van der Waals surface area contributed by atoms with Crippen LogP contribution in [0.1, 0.15) is 0 Å². The molecule has 0 heterocycles. The van der Waals surface area contributed by atoms with E-state index in [-0.39, 0.29) is 0 Å². The van der Waals surface area contributed by atoms with Gasteiger partial charge >= 0.3 is 0 Å². The highest BCUT2D eigenvalue weighted by molar-refractivity contribution is 7.38. The maximum absolute atomic E-state index is 7.25. The monoisotopic (exact) mass is 482 g/mol. The summed E-state index contributed by atoms with van der Waals surface area (Å²) < 4.78 is 0. The zero-order valence-electron chi connectivity index (χ0n) is 17.3. The van der Waals surface area contributed by atoms with E-state index in [1.54, 1.807) is 0 Å². The van der Waals surface area contributed by atoms with Gasteiger partial charge in [-0.25, -0.2) is 0 Å². The summed E-state index contributed by atoms with van der Waals surface area (Å²) in [5, 5.41) is 4.18. The minimum Gasteiger partial charge on any atom is -0.138 e. The summed E-state index contributed by atoms with van der Waals surface area (Å²) in [6.45, 7) is 0. The molecule has 0 aliphatic carbocycles. The van der Waals surface area contributed by atoms with Crippen molar-refractivity contribution in [1.82, 2.24) is 0 Å². The van der Waals surface area contributed by atoms with Gasteiger partial charge in [0.2, 0.25) is 0 Å². The number of rotatable bonds is 4. The average Bonchev–Trinajstić information content (AvgIpc) is 2.88. The van der Waals surface area contributed by atoms with Crippen molar-refractivity contribution in [2.45, 2.75) is 0 Å². The van der Waals surface area contributed by atoms with Gasteiger partial charge in [-0.2, -0.15) is 0 Å². The van der Waals surface area contributed by atoms with Crippen LogP contribution >= 0.6 is 22.2 Å². The quantitative estimate of drug-likeness (QED) is 0.233. The van der Waals surface area contributed by atoms with Crippen molar-refractivity contribution in [3.05, 3.63) is 121 Å². The second-order valence-corrected chi connectivity index (χ2v) is 16.1. The average molecular weight is 484 g/mol. The highest BCUT2D eigenvalue weighted by Crippen LogP contribution is 2.11. The minimum atomic E-state index is -2.78. The summed E-state index contributed by atoms with van der Waals surface area (Å²) in [6, 6.07) is 40.3. The van der Waals surface area contributed by atoms with E-state index in [0.29, 0.717) is 0 Å². The highest BCUT2D eigenvalue weighted by atomic mass is 35.6. The summed E-state index contributed by atoms with van der Waals surface area (Å²) in [5.74, 6) is 6.17.